The van der Waals surface area contributed by atoms with E-state index in [0.717, 1.165) is 14.8 Å². The van der Waals surface area contributed by atoms with Gasteiger partial charge in [0.25, 0.3) is 5.91 Å². The van der Waals surface area contributed by atoms with Crippen LogP contribution in [-0.4, -0.2) is 13.0 Å². The number of amides is 1. The maximum absolute atomic E-state index is 12.3. The molecule has 1 amide bonds. The van der Waals surface area contributed by atoms with E-state index < -0.39 is 0 Å². The van der Waals surface area contributed by atoms with E-state index in [1.54, 1.807) is 11.9 Å². The van der Waals surface area contributed by atoms with Gasteiger partial charge in [0.2, 0.25) is 0 Å². The minimum atomic E-state index is 0.0131. The molecule has 3 heteroatoms. The first-order valence-corrected chi connectivity index (χ1v) is 6.76. The SMILES string of the molecule is Cc1cccc(N(C)C(=O)c2cccc(I)c2)c1. The zero-order chi connectivity index (χ0) is 13.1. The fourth-order valence-corrected chi connectivity index (χ4v) is 2.31. The van der Waals surface area contributed by atoms with E-state index >= 15 is 0 Å². The molecule has 0 aliphatic heterocycles. The summed E-state index contributed by atoms with van der Waals surface area (Å²) in [5, 5.41) is 0. The number of benzene rings is 2. The lowest BCUT2D eigenvalue weighted by Crippen LogP contribution is -2.26. The summed E-state index contributed by atoms with van der Waals surface area (Å²) in [6, 6.07) is 15.6. The predicted molar refractivity (Wildman–Crippen MR) is 83.1 cm³/mol. The number of rotatable bonds is 2. The second-order valence-corrected chi connectivity index (χ2v) is 5.46. The van der Waals surface area contributed by atoms with Gasteiger partial charge in [-0.25, -0.2) is 0 Å². The number of hydrogen-bond acceptors (Lipinski definition) is 1. The Morgan fingerprint density at radius 3 is 2.50 bits per heavy atom. The summed E-state index contributed by atoms with van der Waals surface area (Å²) in [5.74, 6) is 0.0131. The van der Waals surface area contributed by atoms with Gasteiger partial charge in [0.05, 0.1) is 0 Å². The van der Waals surface area contributed by atoms with Gasteiger partial charge in [-0.2, -0.15) is 0 Å². The molecule has 0 radical (unpaired) electrons. The minimum Gasteiger partial charge on any atom is -0.311 e. The second-order valence-electron chi connectivity index (χ2n) is 4.21. The highest BCUT2D eigenvalue weighted by atomic mass is 127. The van der Waals surface area contributed by atoms with Crippen LogP contribution in [0.1, 0.15) is 15.9 Å². The van der Waals surface area contributed by atoms with E-state index in [2.05, 4.69) is 22.6 Å². The first-order valence-electron chi connectivity index (χ1n) is 5.68. The normalized spacial score (nSPS) is 10.2. The van der Waals surface area contributed by atoms with Crippen LogP contribution in [0.5, 0.6) is 0 Å². The third-order valence-electron chi connectivity index (χ3n) is 2.77. The Hall–Kier alpha value is -1.36. The summed E-state index contributed by atoms with van der Waals surface area (Å²) in [5.41, 5.74) is 2.78. The molecule has 0 atom stereocenters. The third-order valence-corrected chi connectivity index (χ3v) is 3.44. The molecule has 0 aromatic heterocycles. The van der Waals surface area contributed by atoms with Gasteiger partial charge < -0.3 is 4.90 Å². The number of anilines is 1. The molecule has 0 heterocycles. The summed E-state index contributed by atoms with van der Waals surface area (Å²) in [6.45, 7) is 2.02. The number of carbonyl (C=O) groups excluding carboxylic acids is 1. The third kappa shape index (κ3) is 2.90. The molecule has 2 nitrogen and oxygen atoms in total. The highest BCUT2D eigenvalue weighted by Crippen LogP contribution is 2.17. The molecule has 18 heavy (non-hydrogen) atoms. The highest BCUT2D eigenvalue weighted by Gasteiger charge is 2.13. The summed E-state index contributed by atoms with van der Waals surface area (Å²) >= 11 is 2.21. The van der Waals surface area contributed by atoms with Crippen molar-refractivity contribution in [1.29, 1.82) is 0 Å². The van der Waals surface area contributed by atoms with Crippen LogP contribution in [0.15, 0.2) is 48.5 Å². The molecule has 0 N–H and O–H groups in total. The average molecular weight is 351 g/mol. The molecule has 0 aliphatic carbocycles. The zero-order valence-electron chi connectivity index (χ0n) is 10.4. The zero-order valence-corrected chi connectivity index (χ0v) is 12.5. The van der Waals surface area contributed by atoms with Gasteiger partial charge in [0, 0.05) is 21.9 Å². The van der Waals surface area contributed by atoms with Crippen molar-refractivity contribution in [3.05, 3.63) is 63.2 Å². The molecule has 92 valence electrons. The van der Waals surface area contributed by atoms with E-state index in [1.165, 1.54) is 0 Å². The standard InChI is InChI=1S/C15H14INO/c1-11-5-3-8-14(9-11)17(2)15(18)12-6-4-7-13(16)10-12/h3-10H,1-2H3. The lowest BCUT2D eigenvalue weighted by atomic mass is 10.1. The Morgan fingerprint density at radius 1 is 1.11 bits per heavy atom. The molecule has 0 spiro atoms. The lowest BCUT2D eigenvalue weighted by Gasteiger charge is -2.18. The Labute approximate surface area is 121 Å². The molecule has 0 saturated heterocycles. The lowest BCUT2D eigenvalue weighted by molar-refractivity contribution is 0.0993. The van der Waals surface area contributed by atoms with Crippen molar-refractivity contribution < 1.29 is 4.79 Å². The first-order chi connectivity index (χ1) is 8.58. The van der Waals surface area contributed by atoms with Gasteiger partial charge in [-0.3, -0.25) is 4.79 Å². The summed E-state index contributed by atoms with van der Waals surface area (Å²) in [4.78, 5) is 14.0. The minimum absolute atomic E-state index is 0.0131. The van der Waals surface area contributed by atoms with Gasteiger partial charge in [-0.05, 0) is 65.4 Å². The van der Waals surface area contributed by atoms with Gasteiger partial charge in [0.1, 0.15) is 0 Å². The van der Waals surface area contributed by atoms with Crippen LogP contribution in [0.3, 0.4) is 0 Å². The van der Waals surface area contributed by atoms with E-state index in [0.29, 0.717) is 5.56 Å². The molecule has 0 fully saturated rings. The van der Waals surface area contributed by atoms with E-state index in [4.69, 9.17) is 0 Å². The van der Waals surface area contributed by atoms with Crippen molar-refractivity contribution in [3.8, 4) is 0 Å². The molecule has 0 aliphatic rings. The highest BCUT2D eigenvalue weighted by molar-refractivity contribution is 14.1. The van der Waals surface area contributed by atoms with Crippen LogP contribution in [0, 0.1) is 10.5 Å². The van der Waals surface area contributed by atoms with Crippen molar-refractivity contribution in [3.63, 3.8) is 0 Å². The maximum atomic E-state index is 12.3. The molecule has 0 bridgehead atoms. The van der Waals surface area contributed by atoms with Crippen LogP contribution < -0.4 is 4.90 Å². The number of halogens is 1. The Balaban J connectivity index is 2.29. The van der Waals surface area contributed by atoms with Crippen LogP contribution in [-0.2, 0) is 0 Å². The van der Waals surface area contributed by atoms with Crippen molar-refractivity contribution in [2.75, 3.05) is 11.9 Å². The number of nitrogens with zero attached hydrogens (tertiary/aromatic N) is 1. The summed E-state index contributed by atoms with van der Waals surface area (Å²) < 4.78 is 1.07. The second kappa shape index (κ2) is 5.52. The van der Waals surface area contributed by atoms with Gasteiger partial charge in [-0.15, -0.1) is 0 Å². The van der Waals surface area contributed by atoms with Gasteiger partial charge in [0.15, 0.2) is 0 Å². The van der Waals surface area contributed by atoms with Crippen molar-refractivity contribution in [2.45, 2.75) is 6.92 Å². The van der Waals surface area contributed by atoms with Crippen LogP contribution in [0.2, 0.25) is 0 Å². The van der Waals surface area contributed by atoms with E-state index in [9.17, 15) is 4.79 Å². The van der Waals surface area contributed by atoms with Crippen LogP contribution >= 0.6 is 22.6 Å². The van der Waals surface area contributed by atoms with E-state index in [-0.39, 0.29) is 5.91 Å². The number of aryl methyl sites for hydroxylation is 1. The molecular formula is C15H14INO. The predicted octanol–water partition coefficient (Wildman–Crippen LogP) is 3.88. The maximum Gasteiger partial charge on any atom is 0.258 e. The van der Waals surface area contributed by atoms with E-state index in [1.807, 2.05) is 55.5 Å². The molecule has 0 saturated carbocycles. The Morgan fingerprint density at radius 2 is 1.83 bits per heavy atom. The van der Waals surface area contributed by atoms with Crippen molar-refractivity contribution in [1.82, 2.24) is 0 Å². The molecule has 0 unspecified atom stereocenters. The number of hydrogen-bond donors (Lipinski definition) is 0. The summed E-state index contributed by atoms with van der Waals surface area (Å²) in [6.07, 6.45) is 0. The topological polar surface area (TPSA) is 20.3 Å². The van der Waals surface area contributed by atoms with Gasteiger partial charge in [-0.1, -0.05) is 18.2 Å². The first kappa shape index (κ1) is 13.1. The Bertz CT molecular complexity index is 580. The number of carbonyl (C=O) groups is 1. The fourth-order valence-electron chi connectivity index (χ4n) is 1.77. The fraction of sp³-hybridized carbons (Fsp3) is 0.133. The Kier molecular flexibility index (Phi) is 4.01. The molecule has 2 rings (SSSR count). The quantitative estimate of drug-likeness (QED) is 0.752. The largest absolute Gasteiger partial charge is 0.311 e. The van der Waals surface area contributed by atoms with Crippen LogP contribution in [0.25, 0.3) is 0 Å². The molecular weight excluding hydrogens is 337 g/mol. The smallest absolute Gasteiger partial charge is 0.258 e. The molecule has 2 aromatic rings. The summed E-state index contributed by atoms with van der Waals surface area (Å²) in [7, 11) is 1.80. The van der Waals surface area contributed by atoms with Crippen molar-refractivity contribution in [2.24, 2.45) is 0 Å². The molecule has 2 aromatic carbocycles. The monoisotopic (exact) mass is 351 g/mol. The average Bonchev–Trinajstić information content (AvgIpc) is 2.37. The van der Waals surface area contributed by atoms with Crippen molar-refractivity contribution >= 4 is 34.2 Å². The van der Waals surface area contributed by atoms with Gasteiger partial charge >= 0.3 is 0 Å². The van der Waals surface area contributed by atoms with Crippen LogP contribution in [0.4, 0.5) is 5.69 Å².